The highest BCUT2D eigenvalue weighted by molar-refractivity contribution is 6.29. The molecule has 2 aromatic rings. The Labute approximate surface area is 110 Å². The van der Waals surface area contributed by atoms with Crippen molar-refractivity contribution < 1.29 is 5.11 Å². The van der Waals surface area contributed by atoms with Gasteiger partial charge in [0.05, 0.1) is 6.10 Å². The summed E-state index contributed by atoms with van der Waals surface area (Å²) in [6, 6.07) is 7.67. The van der Waals surface area contributed by atoms with Gasteiger partial charge in [-0.2, -0.15) is 0 Å². The van der Waals surface area contributed by atoms with E-state index < -0.39 is 0 Å². The van der Waals surface area contributed by atoms with Crippen molar-refractivity contribution in [1.82, 2.24) is 9.97 Å². The molecular formula is C13H12ClN3O. The summed E-state index contributed by atoms with van der Waals surface area (Å²) in [5.41, 5.74) is 3.31. The topological polar surface area (TPSA) is 58.0 Å². The summed E-state index contributed by atoms with van der Waals surface area (Å²) in [6.07, 6.45) is 2.53. The minimum absolute atomic E-state index is 0.281. The van der Waals surface area contributed by atoms with Crippen molar-refractivity contribution in [3.8, 4) is 0 Å². The number of hydrogen-bond acceptors (Lipinski definition) is 4. The van der Waals surface area contributed by atoms with E-state index in [0.717, 1.165) is 17.7 Å². The lowest BCUT2D eigenvalue weighted by Gasteiger charge is -2.10. The van der Waals surface area contributed by atoms with Gasteiger partial charge in [-0.15, -0.1) is 0 Å². The molecule has 4 nitrogen and oxygen atoms in total. The van der Waals surface area contributed by atoms with Crippen molar-refractivity contribution in [1.29, 1.82) is 0 Å². The molecule has 0 saturated carbocycles. The summed E-state index contributed by atoms with van der Waals surface area (Å²) in [7, 11) is 0. The fraction of sp³-hybridized carbons (Fsp3) is 0.231. The number of hydrogen-bond donors (Lipinski definition) is 2. The molecule has 1 aromatic carbocycles. The Bertz CT molecular complexity index is 588. The molecule has 0 amide bonds. The number of anilines is 2. The Morgan fingerprint density at radius 1 is 1.28 bits per heavy atom. The maximum Gasteiger partial charge on any atom is 0.135 e. The van der Waals surface area contributed by atoms with Crippen LogP contribution < -0.4 is 5.32 Å². The first-order valence-electron chi connectivity index (χ1n) is 5.76. The van der Waals surface area contributed by atoms with Gasteiger partial charge in [-0.05, 0) is 23.6 Å². The fourth-order valence-corrected chi connectivity index (χ4v) is 2.43. The van der Waals surface area contributed by atoms with Crippen LogP contribution in [-0.4, -0.2) is 21.2 Å². The lowest BCUT2D eigenvalue weighted by molar-refractivity contribution is 0.187. The van der Waals surface area contributed by atoms with Crippen LogP contribution in [0.25, 0.3) is 0 Å². The molecule has 92 valence electrons. The number of aliphatic hydroxyl groups is 1. The Morgan fingerprint density at radius 3 is 3.00 bits per heavy atom. The molecule has 1 aliphatic rings. The van der Waals surface area contributed by atoms with Crippen LogP contribution >= 0.6 is 11.6 Å². The van der Waals surface area contributed by atoms with E-state index in [1.54, 1.807) is 6.07 Å². The molecule has 0 aliphatic heterocycles. The number of aromatic nitrogens is 2. The van der Waals surface area contributed by atoms with Gasteiger partial charge in [0.25, 0.3) is 0 Å². The van der Waals surface area contributed by atoms with E-state index in [9.17, 15) is 5.11 Å². The van der Waals surface area contributed by atoms with Gasteiger partial charge in [0.1, 0.15) is 17.3 Å². The maximum atomic E-state index is 9.71. The lowest BCUT2D eigenvalue weighted by atomic mass is 10.1. The summed E-state index contributed by atoms with van der Waals surface area (Å²) in [4.78, 5) is 7.95. The van der Waals surface area contributed by atoms with Gasteiger partial charge < -0.3 is 10.4 Å². The number of aliphatic hydroxyl groups excluding tert-OH is 1. The normalized spacial score (nSPS) is 17.6. The third kappa shape index (κ3) is 2.17. The summed E-state index contributed by atoms with van der Waals surface area (Å²) in [6.45, 7) is 0. The summed E-state index contributed by atoms with van der Waals surface area (Å²) < 4.78 is 0. The molecule has 2 N–H and O–H groups in total. The largest absolute Gasteiger partial charge is 0.392 e. The van der Waals surface area contributed by atoms with Gasteiger partial charge in [0.15, 0.2) is 0 Å². The van der Waals surface area contributed by atoms with Gasteiger partial charge in [-0.3, -0.25) is 0 Å². The molecule has 3 rings (SSSR count). The predicted molar refractivity (Wildman–Crippen MR) is 70.2 cm³/mol. The number of benzene rings is 1. The fourth-order valence-electron chi connectivity index (χ4n) is 2.29. The Hall–Kier alpha value is -1.65. The molecule has 0 bridgehead atoms. The van der Waals surface area contributed by atoms with E-state index in [-0.39, 0.29) is 6.10 Å². The Balaban J connectivity index is 1.93. The third-order valence-electron chi connectivity index (χ3n) is 3.06. The second kappa shape index (κ2) is 4.55. The van der Waals surface area contributed by atoms with E-state index in [1.165, 1.54) is 11.9 Å². The van der Waals surface area contributed by atoms with Crippen LogP contribution in [0.5, 0.6) is 0 Å². The Kier molecular flexibility index (Phi) is 2.89. The maximum absolute atomic E-state index is 9.71. The molecule has 1 unspecified atom stereocenters. The van der Waals surface area contributed by atoms with Crippen molar-refractivity contribution in [2.24, 2.45) is 0 Å². The van der Waals surface area contributed by atoms with Crippen LogP contribution in [-0.2, 0) is 12.8 Å². The van der Waals surface area contributed by atoms with Gasteiger partial charge in [0.2, 0.25) is 0 Å². The van der Waals surface area contributed by atoms with Gasteiger partial charge in [0, 0.05) is 18.2 Å². The SMILES string of the molecule is OC1Cc2cccc(Nc3cc(Cl)ncn3)c2C1. The molecule has 18 heavy (non-hydrogen) atoms. The molecule has 0 saturated heterocycles. The number of rotatable bonds is 2. The van der Waals surface area contributed by atoms with Crippen LogP contribution in [0.4, 0.5) is 11.5 Å². The molecule has 5 heteroatoms. The van der Waals surface area contributed by atoms with Crippen molar-refractivity contribution in [3.05, 3.63) is 46.9 Å². The highest BCUT2D eigenvalue weighted by atomic mass is 35.5. The lowest BCUT2D eigenvalue weighted by Crippen LogP contribution is -2.04. The van der Waals surface area contributed by atoms with Gasteiger partial charge >= 0.3 is 0 Å². The molecule has 0 fully saturated rings. The monoisotopic (exact) mass is 261 g/mol. The average molecular weight is 262 g/mol. The molecule has 1 atom stereocenters. The van der Waals surface area contributed by atoms with Crippen LogP contribution in [0.2, 0.25) is 5.15 Å². The molecule has 0 spiro atoms. The minimum Gasteiger partial charge on any atom is -0.392 e. The molecule has 0 radical (unpaired) electrons. The summed E-state index contributed by atoms with van der Waals surface area (Å²) in [5.74, 6) is 0.657. The quantitative estimate of drug-likeness (QED) is 0.815. The van der Waals surface area contributed by atoms with E-state index in [1.807, 2.05) is 18.2 Å². The standard InChI is InChI=1S/C13H12ClN3O/c14-12-6-13(16-7-15-12)17-11-3-1-2-8-4-9(18)5-10(8)11/h1-3,6-7,9,18H,4-5H2,(H,15,16,17). The number of nitrogens with zero attached hydrogens (tertiary/aromatic N) is 2. The smallest absolute Gasteiger partial charge is 0.135 e. The Morgan fingerprint density at radius 2 is 2.17 bits per heavy atom. The number of fused-ring (bicyclic) bond motifs is 1. The van der Waals surface area contributed by atoms with Crippen LogP contribution in [0.3, 0.4) is 0 Å². The van der Waals surface area contributed by atoms with Crippen molar-refractivity contribution in [3.63, 3.8) is 0 Å². The number of halogens is 1. The first-order chi connectivity index (χ1) is 8.72. The van der Waals surface area contributed by atoms with Crippen LogP contribution in [0, 0.1) is 0 Å². The average Bonchev–Trinajstić information content (AvgIpc) is 2.71. The van der Waals surface area contributed by atoms with Gasteiger partial charge in [-0.25, -0.2) is 9.97 Å². The van der Waals surface area contributed by atoms with Gasteiger partial charge in [-0.1, -0.05) is 23.7 Å². The van der Waals surface area contributed by atoms with Crippen LogP contribution in [0.1, 0.15) is 11.1 Å². The van der Waals surface area contributed by atoms with E-state index in [0.29, 0.717) is 17.4 Å². The first-order valence-corrected chi connectivity index (χ1v) is 6.13. The molecule has 1 heterocycles. The third-order valence-corrected chi connectivity index (χ3v) is 3.27. The van der Waals surface area contributed by atoms with E-state index in [4.69, 9.17) is 11.6 Å². The van der Waals surface area contributed by atoms with Crippen LogP contribution in [0.15, 0.2) is 30.6 Å². The molecular weight excluding hydrogens is 250 g/mol. The second-order valence-corrected chi connectivity index (χ2v) is 4.74. The summed E-state index contributed by atoms with van der Waals surface area (Å²) >= 11 is 5.82. The second-order valence-electron chi connectivity index (χ2n) is 4.36. The highest BCUT2D eigenvalue weighted by Gasteiger charge is 2.21. The minimum atomic E-state index is -0.281. The zero-order valence-electron chi connectivity index (χ0n) is 9.60. The van der Waals surface area contributed by atoms with E-state index in [2.05, 4.69) is 15.3 Å². The van der Waals surface area contributed by atoms with Crippen molar-refractivity contribution in [2.45, 2.75) is 18.9 Å². The summed E-state index contributed by atoms with van der Waals surface area (Å²) in [5, 5.41) is 13.3. The highest BCUT2D eigenvalue weighted by Crippen LogP contribution is 2.30. The zero-order chi connectivity index (χ0) is 12.5. The first kappa shape index (κ1) is 11.4. The number of nitrogens with one attached hydrogen (secondary N) is 1. The van der Waals surface area contributed by atoms with Crippen molar-refractivity contribution in [2.75, 3.05) is 5.32 Å². The molecule has 1 aromatic heterocycles. The predicted octanol–water partition coefficient (Wildman–Crippen LogP) is 2.33. The molecule has 1 aliphatic carbocycles. The zero-order valence-corrected chi connectivity index (χ0v) is 10.4. The van der Waals surface area contributed by atoms with E-state index >= 15 is 0 Å². The van der Waals surface area contributed by atoms with Crippen molar-refractivity contribution >= 4 is 23.1 Å².